The Morgan fingerprint density at radius 2 is 1.93 bits per heavy atom. The minimum absolute atomic E-state index is 0.00206. The van der Waals surface area contributed by atoms with E-state index in [9.17, 15) is 4.79 Å². The third-order valence-corrected chi connectivity index (χ3v) is 5.34. The molecule has 0 radical (unpaired) electrons. The number of nitrogens with zero attached hydrogens (tertiary/aromatic N) is 2. The molecule has 1 aromatic heterocycles. The molecule has 148 valence electrons. The highest BCUT2D eigenvalue weighted by Crippen LogP contribution is 2.33. The van der Waals surface area contributed by atoms with Crippen LogP contribution in [0.15, 0.2) is 46.9 Å². The van der Waals surface area contributed by atoms with Crippen molar-refractivity contribution in [3.8, 4) is 11.5 Å². The van der Waals surface area contributed by atoms with E-state index in [2.05, 4.69) is 27.6 Å². The molecule has 0 saturated heterocycles. The molecule has 1 amide bonds. The van der Waals surface area contributed by atoms with E-state index in [1.54, 1.807) is 0 Å². The van der Waals surface area contributed by atoms with Crippen molar-refractivity contribution in [3.05, 3.63) is 70.9 Å². The van der Waals surface area contributed by atoms with E-state index >= 15 is 0 Å². The lowest BCUT2D eigenvalue weighted by Crippen LogP contribution is -2.27. The zero-order valence-corrected chi connectivity index (χ0v) is 15.9. The fourth-order valence-electron chi connectivity index (χ4n) is 3.88. The maximum atomic E-state index is 12.4. The zero-order valence-electron chi connectivity index (χ0n) is 15.9. The van der Waals surface area contributed by atoms with Crippen LogP contribution in [0.2, 0.25) is 0 Å². The van der Waals surface area contributed by atoms with Crippen molar-refractivity contribution in [3.63, 3.8) is 0 Å². The first-order valence-electron chi connectivity index (χ1n) is 9.81. The number of amides is 1. The molecule has 1 N–H and O–H groups in total. The van der Waals surface area contributed by atoms with Crippen molar-refractivity contribution in [1.29, 1.82) is 0 Å². The smallest absolute Gasteiger partial charge is 0.231 e. The summed E-state index contributed by atoms with van der Waals surface area (Å²) in [5.74, 6) is 2.47. The summed E-state index contributed by atoms with van der Waals surface area (Å²) in [5, 5.41) is 11.3. The van der Waals surface area contributed by atoms with Gasteiger partial charge in [0.05, 0.1) is 12.5 Å². The number of benzene rings is 2. The van der Waals surface area contributed by atoms with Gasteiger partial charge >= 0.3 is 0 Å². The predicted octanol–water partition coefficient (Wildman–Crippen LogP) is 3.13. The van der Waals surface area contributed by atoms with Gasteiger partial charge in [0.25, 0.3) is 0 Å². The van der Waals surface area contributed by atoms with Crippen LogP contribution in [0.3, 0.4) is 0 Å². The molecule has 7 heteroatoms. The maximum Gasteiger partial charge on any atom is 0.231 e. The van der Waals surface area contributed by atoms with Gasteiger partial charge in [-0.2, -0.15) is 0 Å². The second-order valence-electron chi connectivity index (χ2n) is 7.31. The normalized spacial score (nSPS) is 16.6. The molecule has 0 spiro atoms. The summed E-state index contributed by atoms with van der Waals surface area (Å²) in [5.41, 5.74) is 3.55. The third kappa shape index (κ3) is 3.81. The van der Waals surface area contributed by atoms with Crippen LogP contribution in [0, 0.1) is 0 Å². The maximum absolute atomic E-state index is 12.4. The summed E-state index contributed by atoms with van der Waals surface area (Å²) in [4.78, 5) is 12.4. The van der Waals surface area contributed by atoms with Crippen molar-refractivity contribution in [2.75, 3.05) is 6.79 Å². The monoisotopic (exact) mass is 391 g/mol. The summed E-state index contributed by atoms with van der Waals surface area (Å²) in [7, 11) is 0. The van der Waals surface area contributed by atoms with E-state index in [1.807, 2.05) is 30.3 Å². The number of aromatic nitrogens is 2. The van der Waals surface area contributed by atoms with Crippen molar-refractivity contribution >= 4 is 5.91 Å². The molecular weight excluding hydrogens is 370 g/mol. The first kappa shape index (κ1) is 17.7. The Morgan fingerprint density at radius 3 is 2.90 bits per heavy atom. The van der Waals surface area contributed by atoms with E-state index < -0.39 is 0 Å². The summed E-state index contributed by atoms with van der Waals surface area (Å²) in [6.07, 6.45) is 3.21. The van der Waals surface area contributed by atoms with Crippen molar-refractivity contribution < 1.29 is 18.7 Å². The Bertz CT molecular complexity index is 1050. The van der Waals surface area contributed by atoms with Crippen LogP contribution in [0.1, 0.15) is 47.4 Å². The van der Waals surface area contributed by atoms with Gasteiger partial charge in [0, 0.05) is 12.8 Å². The number of nitrogens with one attached hydrogen (secondary N) is 1. The van der Waals surface area contributed by atoms with Crippen LogP contribution < -0.4 is 14.8 Å². The molecule has 29 heavy (non-hydrogen) atoms. The average Bonchev–Trinajstić information content (AvgIpc) is 3.47. The summed E-state index contributed by atoms with van der Waals surface area (Å²) < 4.78 is 16.4. The fraction of sp³-hybridized carbons (Fsp3) is 0.318. The lowest BCUT2D eigenvalue weighted by atomic mass is 10.1. The largest absolute Gasteiger partial charge is 0.454 e. The summed E-state index contributed by atoms with van der Waals surface area (Å²) in [6.45, 7) is 0.248. The quantitative estimate of drug-likeness (QED) is 0.695. The van der Waals surface area contributed by atoms with Gasteiger partial charge in [0.2, 0.25) is 24.5 Å². The minimum atomic E-state index is 0.00206. The molecule has 1 atom stereocenters. The van der Waals surface area contributed by atoms with Crippen molar-refractivity contribution in [2.45, 2.75) is 38.1 Å². The van der Waals surface area contributed by atoms with Gasteiger partial charge in [0.1, 0.15) is 0 Å². The Balaban J connectivity index is 1.14. The molecule has 1 aliphatic carbocycles. The number of fused-ring (bicyclic) bond motifs is 2. The van der Waals surface area contributed by atoms with E-state index in [1.165, 1.54) is 11.1 Å². The Morgan fingerprint density at radius 1 is 1.07 bits per heavy atom. The molecule has 2 heterocycles. The molecule has 0 saturated carbocycles. The second-order valence-corrected chi connectivity index (χ2v) is 7.31. The summed E-state index contributed by atoms with van der Waals surface area (Å²) >= 11 is 0. The van der Waals surface area contributed by atoms with Gasteiger partial charge in [-0.25, -0.2) is 0 Å². The van der Waals surface area contributed by atoms with Gasteiger partial charge in [-0.1, -0.05) is 30.3 Å². The number of hydrogen-bond donors (Lipinski definition) is 1. The fourth-order valence-corrected chi connectivity index (χ4v) is 3.88. The molecule has 1 aliphatic heterocycles. The van der Waals surface area contributed by atoms with E-state index in [4.69, 9.17) is 13.9 Å². The standard InChI is InChI=1S/C22H21N3O4/c26-20(23-17-7-6-15-3-1-2-4-16(15)17)9-10-21-24-25-22(29-21)12-14-5-8-18-19(11-14)28-13-27-18/h1-5,8,11,17H,6-7,9-10,12-13H2,(H,23,26)/t17-/m0/s1. The van der Waals surface area contributed by atoms with Gasteiger partial charge in [-0.15, -0.1) is 10.2 Å². The van der Waals surface area contributed by atoms with Gasteiger partial charge in [0.15, 0.2) is 11.5 Å². The number of carbonyl (C=O) groups is 1. The first-order chi connectivity index (χ1) is 14.2. The Hall–Kier alpha value is -3.35. The highest BCUT2D eigenvalue weighted by Gasteiger charge is 2.23. The van der Waals surface area contributed by atoms with Crippen LogP contribution >= 0.6 is 0 Å². The van der Waals surface area contributed by atoms with Gasteiger partial charge in [-0.05, 0) is 41.7 Å². The molecule has 2 aliphatic rings. The van der Waals surface area contributed by atoms with Crippen LogP contribution in [0.5, 0.6) is 11.5 Å². The molecule has 5 rings (SSSR count). The van der Waals surface area contributed by atoms with Crippen molar-refractivity contribution in [2.24, 2.45) is 0 Å². The molecule has 0 bridgehead atoms. The van der Waals surface area contributed by atoms with E-state index in [-0.39, 0.29) is 18.7 Å². The topological polar surface area (TPSA) is 86.5 Å². The number of aryl methyl sites for hydroxylation is 2. The van der Waals surface area contributed by atoms with Crippen molar-refractivity contribution in [1.82, 2.24) is 15.5 Å². The molecule has 3 aromatic rings. The molecular formula is C22H21N3O4. The van der Waals surface area contributed by atoms with Gasteiger partial charge in [-0.3, -0.25) is 4.79 Å². The number of hydrogen-bond acceptors (Lipinski definition) is 6. The average molecular weight is 391 g/mol. The molecule has 7 nitrogen and oxygen atoms in total. The van der Waals surface area contributed by atoms with E-state index in [0.717, 1.165) is 29.9 Å². The predicted molar refractivity (Wildman–Crippen MR) is 104 cm³/mol. The van der Waals surface area contributed by atoms with E-state index in [0.29, 0.717) is 31.0 Å². The Kier molecular flexibility index (Phi) is 4.63. The van der Waals surface area contributed by atoms with Crippen LogP contribution in [-0.2, 0) is 24.1 Å². The minimum Gasteiger partial charge on any atom is -0.454 e. The highest BCUT2D eigenvalue weighted by atomic mass is 16.7. The zero-order chi connectivity index (χ0) is 19.6. The second kappa shape index (κ2) is 7.58. The summed E-state index contributed by atoms with van der Waals surface area (Å²) in [6, 6.07) is 14.1. The van der Waals surface area contributed by atoms with Crippen LogP contribution in [0.4, 0.5) is 0 Å². The molecule has 0 fully saturated rings. The lowest BCUT2D eigenvalue weighted by molar-refractivity contribution is -0.121. The molecule has 0 unspecified atom stereocenters. The lowest BCUT2D eigenvalue weighted by Gasteiger charge is -2.13. The van der Waals surface area contributed by atoms with Crippen LogP contribution in [0.25, 0.3) is 0 Å². The Labute approximate surface area is 168 Å². The molecule has 2 aromatic carbocycles. The SMILES string of the molecule is O=C(CCc1nnc(Cc2ccc3c(c2)OCO3)o1)N[C@H]1CCc2ccccc21. The van der Waals surface area contributed by atoms with Crippen LogP contribution in [-0.4, -0.2) is 22.9 Å². The number of carbonyl (C=O) groups excluding carboxylic acids is 1. The highest BCUT2D eigenvalue weighted by molar-refractivity contribution is 5.76. The van der Waals surface area contributed by atoms with Gasteiger partial charge < -0.3 is 19.2 Å². The third-order valence-electron chi connectivity index (χ3n) is 5.34. The number of ether oxygens (including phenoxy) is 2. The number of rotatable bonds is 6. The first-order valence-corrected chi connectivity index (χ1v) is 9.81.